The molecule has 1 aromatic carbocycles. The maximum atomic E-state index is 12.3. The molecular formula is C19H27N3O5. The third-order valence-corrected chi connectivity index (χ3v) is 3.77. The standard InChI is InChI=1S/C19H27N3O5/c1-19(2,3)27-18(25)22-21-16(23)15(11-13-9-10-13)20-17(24)26-12-14-7-5-4-6-8-14/h4-8,13,15H,9-12H2,1-3H3,(H,20,24)(H,21,23)(H,22,25)/t15-/m0/s1. The highest BCUT2D eigenvalue weighted by Crippen LogP contribution is 2.33. The zero-order chi connectivity index (χ0) is 19.9. The normalized spacial score (nSPS) is 14.6. The van der Waals surface area contributed by atoms with E-state index >= 15 is 0 Å². The Kier molecular flexibility index (Phi) is 7.04. The van der Waals surface area contributed by atoms with E-state index in [9.17, 15) is 14.4 Å². The van der Waals surface area contributed by atoms with E-state index in [1.807, 2.05) is 30.3 Å². The lowest BCUT2D eigenvalue weighted by Crippen LogP contribution is -2.53. The van der Waals surface area contributed by atoms with Gasteiger partial charge in [-0.25, -0.2) is 15.0 Å². The summed E-state index contributed by atoms with van der Waals surface area (Å²) in [5.41, 5.74) is 4.65. The van der Waals surface area contributed by atoms with Crippen molar-refractivity contribution in [3.63, 3.8) is 0 Å². The molecule has 27 heavy (non-hydrogen) atoms. The van der Waals surface area contributed by atoms with E-state index in [0.29, 0.717) is 12.3 Å². The van der Waals surface area contributed by atoms with E-state index in [-0.39, 0.29) is 6.61 Å². The summed E-state index contributed by atoms with van der Waals surface area (Å²) in [5, 5.41) is 2.57. The topological polar surface area (TPSA) is 106 Å². The van der Waals surface area contributed by atoms with Crippen LogP contribution in [0.2, 0.25) is 0 Å². The summed E-state index contributed by atoms with van der Waals surface area (Å²) in [6.45, 7) is 5.26. The van der Waals surface area contributed by atoms with E-state index < -0.39 is 29.7 Å². The van der Waals surface area contributed by atoms with Crippen molar-refractivity contribution in [3.05, 3.63) is 35.9 Å². The monoisotopic (exact) mass is 377 g/mol. The molecule has 3 amide bonds. The molecule has 2 rings (SSSR count). The first-order chi connectivity index (χ1) is 12.7. The molecule has 1 fully saturated rings. The fraction of sp³-hybridized carbons (Fsp3) is 0.526. The van der Waals surface area contributed by atoms with Crippen LogP contribution in [0.4, 0.5) is 9.59 Å². The van der Waals surface area contributed by atoms with Gasteiger partial charge in [0.15, 0.2) is 0 Å². The van der Waals surface area contributed by atoms with Crippen LogP contribution in [0, 0.1) is 5.92 Å². The molecule has 0 bridgehead atoms. The van der Waals surface area contributed by atoms with Gasteiger partial charge in [0.25, 0.3) is 5.91 Å². The minimum atomic E-state index is -0.796. The number of hydrogen-bond acceptors (Lipinski definition) is 5. The Morgan fingerprint density at radius 1 is 1.07 bits per heavy atom. The first-order valence-corrected chi connectivity index (χ1v) is 8.99. The molecule has 0 aliphatic heterocycles. The number of hydrazine groups is 1. The number of carbonyl (C=O) groups is 3. The number of rotatable bonds is 6. The SMILES string of the molecule is CC(C)(C)OC(=O)NNC(=O)[C@H](CC1CC1)NC(=O)OCc1ccccc1. The molecule has 0 unspecified atom stereocenters. The van der Waals surface area contributed by atoms with Crippen molar-refractivity contribution in [3.8, 4) is 0 Å². The third-order valence-electron chi connectivity index (χ3n) is 3.77. The Balaban J connectivity index is 1.81. The quantitative estimate of drug-likeness (QED) is 0.661. The molecule has 0 saturated heterocycles. The van der Waals surface area contributed by atoms with Crippen molar-refractivity contribution in [2.45, 2.75) is 58.3 Å². The van der Waals surface area contributed by atoms with Crippen LogP contribution < -0.4 is 16.2 Å². The summed E-state index contributed by atoms with van der Waals surface area (Å²) in [4.78, 5) is 36.0. The predicted molar refractivity (Wildman–Crippen MR) is 98.4 cm³/mol. The molecule has 0 aromatic heterocycles. The number of carbonyl (C=O) groups excluding carboxylic acids is 3. The van der Waals surface area contributed by atoms with Gasteiger partial charge in [0, 0.05) is 0 Å². The number of ether oxygens (including phenoxy) is 2. The van der Waals surface area contributed by atoms with Gasteiger partial charge in [0.1, 0.15) is 18.2 Å². The molecule has 148 valence electrons. The van der Waals surface area contributed by atoms with Gasteiger partial charge in [-0.05, 0) is 38.7 Å². The van der Waals surface area contributed by atoms with Crippen molar-refractivity contribution in [1.29, 1.82) is 0 Å². The minimum absolute atomic E-state index is 0.112. The van der Waals surface area contributed by atoms with E-state index in [1.165, 1.54) is 0 Å². The van der Waals surface area contributed by atoms with Crippen LogP contribution >= 0.6 is 0 Å². The fourth-order valence-electron chi connectivity index (χ4n) is 2.33. The molecule has 1 aliphatic rings. The van der Waals surface area contributed by atoms with Gasteiger partial charge in [-0.2, -0.15) is 0 Å². The van der Waals surface area contributed by atoms with Gasteiger partial charge in [0.2, 0.25) is 0 Å². The van der Waals surface area contributed by atoms with Crippen molar-refractivity contribution < 1.29 is 23.9 Å². The lowest BCUT2D eigenvalue weighted by atomic mass is 10.1. The fourth-order valence-corrected chi connectivity index (χ4v) is 2.33. The maximum Gasteiger partial charge on any atom is 0.426 e. The second-order valence-corrected chi connectivity index (χ2v) is 7.55. The average Bonchev–Trinajstić information content (AvgIpc) is 3.41. The highest BCUT2D eigenvalue weighted by Gasteiger charge is 2.31. The molecule has 3 N–H and O–H groups in total. The molecule has 8 nitrogen and oxygen atoms in total. The Labute approximate surface area is 159 Å². The molecule has 0 heterocycles. The zero-order valence-electron chi connectivity index (χ0n) is 15.9. The van der Waals surface area contributed by atoms with Gasteiger partial charge < -0.3 is 14.8 Å². The smallest absolute Gasteiger partial charge is 0.426 e. The van der Waals surface area contributed by atoms with E-state index in [2.05, 4.69) is 16.2 Å². The van der Waals surface area contributed by atoms with Crippen LogP contribution in [0.1, 0.15) is 45.6 Å². The summed E-state index contributed by atoms with van der Waals surface area (Å²) in [5.74, 6) is -0.138. The molecule has 0 radical (unpaired) electrons. The Bertz CT molecular complexity index is 653. The van der Waals surface area contributed by atoms with Crippen LogP contribution in [-0.4, -0.2) is 29.7 Å². The molecule has 0 spiro atoms. The van der Waals surface area contributed by atoms with Crippen molar-refractivity contribution >= 4 is 18.1 Å². The minimum Gasteiger partial charge on any atom is -0.445 e. The largest absolute Gasteiger partial charge is 0.445 e. The summed E-state index contributed by atoms with van der Waals surface area (Å²) in [6, 6.07) is 8.46. The second-order valence-electron chi connectivity index (χ2n) is 7.55. The van der Waals surface area contributed by atoms with Gasteiger partial charge in [-0.15, -0.1) is 0 Å². The number of amides is 3. The van der Waals surface area contributed by atoms with Gasteiger partial charge in [-0.3, -0.25) is 10.2 Å². The van der Waals surface area contributed by atoms with Gasteiger partial charge >= 0.3 is 12.2 Å². The Morgan fingerprint density at radius 3 is 2.33 bits per heavy atom. The Morgan fingerprint density at radius 2 is 1.74 bits per heavy atom. The van der Waals surface area contributed by atoms with E-state index in [0.717, 1.165) is 18.4 Å². The summed E-state index contributed by atoms with van der Waals surface area (Å²) >= 11 is 0. The average molecular weight is 377 g/mol. The van der Waals surface area contributed by atoms with E-state index in [4.69, 9.17) is 9.47 Å². The van der Waals surface area contributed by atoms with Gasteiger partial charge in [0.05, 0.1) is 0 Å². The lowest BCUT2D eigenvalue weighted by molar-refractivity contribution is -0.124. The second kappa shape index (κ2) is 9.25. The van der Waals surface area contributed by atoms with E-state index in [1.54, 1.807) is 20.8 Å². The van der Waals surface area contributed by atoms with Crippen LogP contribution in [0.5, 0.6) is 0 Å². The van der Waals surface area contributed by atoms with Crippen molar-refractivity contribution in [2.75, 3.05) is 0 Å². The number of alkyl carbamates (subject to hydrolysis) is 1. The number of benzene rings is 1. The number of hydrogen-bond donors (Lipinski definition) is 3. The molecular weight excluding hydrogens is 350 g/mol. The summed E-state index contributed by atoms with van der Waals surface area (Å²) in [6.07, 6.45) is 1.07. The predicted octanol–water partition coefficient (Wildman–Crippen LogP) is 2.64. The van der Waals surface area contributed by atoms with Crippen LogP contribution in [0.15, 0.2) is 30.3 Å². The maximum absolute atomic E-state index is 12.3. The van der Waals surface area contributed by atoms with Crippen LogP contribution in [-0.2, 0) is 20.9 Å². The van der Waals surface area contributed by atoms with Crippen molar-refractivity contribution in [2.24, 2.45) is 5.92 Å². The highest BCUT2D eigenvalue weighted by atomic mass is 16.6. The van der Waals surface area contributed by atoms with Crippen LogP contribution in [0.3, 0.4) is 0 Å². The number of nitrogens with one attached hydrogen (secondary N) is 3. The lowest BCUT2D eigenvalue weighted by Gasteiger charge is -2.21. The van der Waals surface area contributed by atoms with Crippen molar-refractivity contribution in [1.82, 2.24) is 16.2 Å². The van der Waals surface area contributed by atoms with Gasteiger partial charge in [-0.1, -0.05) is 43.2 Å². The molecule has 1 aliphatic carbocycles. The Hall–Kier alpha value is -2.77. The zero-order valence-corrected chi connectivity index (χ0v) is 15.9. The molecule has 1 saturated carbocycles. The molecule has 1 aromatic rings. The third kappa shape index (κ3) is 8.44. The molecule has 8 heteroatoms. The first-order valence-electron chi connectivity index (χ1n) is 8.99. The molecule has 1 atom stereocenters. The summed E-state index contributed by atoms with van der Waals surface area (Å²) in [7, 11) is 0. The summed E-state index contributed by atoms with van der Waals surface area (Å²) < 4.78 is 10.2. The highest BCUT2D eigenvalue weighted by molar-refractivity contribution is 5.86. The first kappa shape index (κ1) is 20.5. The van der Waals surface area contributed by atoms with Crippen LogP contribution in [0.25, 0.3) is 0 Å².